The minimum Gasteiger partial charge on any atom is -0.480 e. The van der Waals surface area contributed by atoms with Crippen LogP contribution >= 0.6 is 11.8 Å². The van der Waals surface area contributed by atoms with E-state index in [0.717, 1.165) is 17.3 Å². The molecule has 3 N–H and O–H groups in total. The van der Waals surface area contributed by atoms with Crippen LogP contribution in [0.5, 0.6) is 0 Å². The Balaban J connectivity index is 2.15. The van der Waals surface area contributed by atoms with Crippen molar-refractivity contribution in [2.75, 3.05) is 13.2 Å². The number of aliphatic carboxylic acids is 1. The van der Waals surface area contributed by atoms with Gasteiger partial charge in [-0.15, -0.1) is 0 Å². The number of aliphatic hydroxyl groups excluding tert-OH is 1. The largest absolute Gasteiger partial charge is 0.480 e. The van der Waals surface area contributed by atoms with Gasteiger partial charge in [0.05, 0.1) is 5.25 Å². The highest BCUT2D eigenvalue weighted by Gasteiger charge is 2.36. The Bertz CT molecular complexity index is 757. The first-order valence-electron chi connectivity index (χ1n) is 9.96. The minimum atomic E-state index is -1.15. The first kappa shape index (κ1) is 23.9. The van der Waals surface area contributed by atoms with E-state index in [1.807, 2.05) is 30.3 Å². The second-order valence-electron chi connectivity index (χ2n) is 7.31. The van der Waals surface area contributed by atoms with Gasteiger partial charge in [-0.2, -0.15) is 0 Å². The van der Waals surface area contributed by atoms with Gasteiger partial charge in [-0.3, -0.25) is 19.2 Å². The molecule has 30 heavy (non-hydrogen) atoms. The monoisotopic (exact) mass is 436 g/mol. The highest BCUT2D eigenvalue weighted by atomic mass is 32.2. The average molecular weight is 437 g/mol. The molecule has 1 aliphatic heterocycles. The molecule has 0 aliphatic carbocycles. The van der Waals surface area contributed by atoms with E-state index in [0.29, 0.717) is 25.7 Å². The number of carboxylic acids is 1. The van der Waals surface area contributed by atoms with E-state index in [-0.39, 0.29) is 24.2 Å². The van der Waals surface area contributed by atoms with Crippen LogP contribution in [0.15, 0.2) is 30.3 Å². The van der Waals surface area contributed by atoms with Gasteiger partial charge in [-0.05, 0) is 37.7 Å². The van der Waals surface area contributed by atoms with Gasteiger partial charge in [-0.1, -0.05) is 42.1 Å². The van der Waals surface area contributed by atoms with Crippen molar-refractivity contribution in [3.05, 3.63) is 35.9 Å². The molecule has 1 heterocycles. The molecule has 0 aromatic heterocycles. The zero-order chi connectivity index (χ0) is 22.1. The minimum absolute atomic E-state index is 0.153. The summed E-state index contributed by atoms with van der Waals surface area (Å²) in [5, 5.41) is 20.3. The fourth-order valence-corrected chi connectivity index (χ4v) is 4.49. The second-order valence-corrected chi connectivity index (χ2v) is 8.69. The highest BCUT2D eigenvalue weighted by molar-refractivity contribution is 8.14. The first-order valence-corrected chi connectivity index (χ1v) is 10.8. The number of hydrogen-bond acceptors (Lipinski definition) is 6. The summed E-state index contributed by atoms with van der Waals surface area (Å²) in [5.74, 6) is -2.03. The van der Waals surface area contributed by atoms with E-state index in [2.05, 4.69) is 5.32 Å². The maximum atomic E-state index is 13.0. The topological polar surface area (TPSA) is 124 Å². The van der Waals surface area contributed by atoms with Crippen LogP contribution in [-0.4, -0.2) is 68.5 Å². The molecule has 1 aromatic rings. The van der Waals surface area contributed by atoms with Crippen molar-refractivity contribution in [3.8, 4) is 0 Å². The standard InChI is InChI=1S/C21H28N2O6S/c1-14(25)30-18(12-15-6-3-2-4-7-15)20(28)22-17-9-5-8-16(10-11-24)23(21(17)29)13-19(26)27/h2-4,6-7,16-18,24H,5,8-13H2,1H3,(H,22,28)(H,26,27). The summed E-state index contributed by atoms with van der Waals surface area (Å²) in [5.41, 5.74) is 0.897. The van der Waals surface area contributed by atoms with Crippen molar-refractivity contribution in [2.45, 2.75) is 56.4 Å². The van der Waals surface area contributed by atoms with Gasteiger partial charge < -0.3 is 20.4 Å². The Morgan fingerprint density at radius 2 is 1.93 bits per heavy atom. The SMILES string of the molecule is CC(=O)SC(Cc1ccccc1)C(=O)NC1CCCC(CCO)N(CC(=O)O)C1=O. The number of benzene rings is 1. The number of likely N-dealkylation sites (tertiary alicyclic amines) is 1. The van der Waals surface area contributed by atoms with Crippen molar-refractivity contribution in [2.24, 2.45) is 0 Å². The first-order chi connectivity index (χ1) is 14.3. The molecule has 0 radical (unpaired) electrons. The number of carbonyl (C=O) groups is 4. The van der Waals surface area contributed by atoms with Crippen molar-refractivity contribution >= 4 is 34.7 Å². The summed E-state index contributed by atoms with van der Waals surface area (Å²) in [7, 11) is 0. The third-order valence-electron chi connectivity index (χ3n) is 5.00. The zero-order valence-corrected chi connectivity index (χ0v) is 17.8. The van der Waals surface area contributed by atoms with Gasteiger partial charge in [-0.25, -0.2) is 0 Å². The molecule has 1 aromatic carbocycles. The zero-order valence-electron chi connectivity index (χ0n) is 17.0. The van der Waals surface area contributed by atoms with E-state index >= 15 is 0 Å². The number of carboxylic acid groups (broad SMARTS) is 1. The Kier molecular flexibility index (Phi) is 9.32. The van der Waals surface area contributed by atoms with E-state index in [4.69, 9.17) is 0 Å². The maximum absolute atomic E-state index is 13.0. The lowest BCUT2D eigenvalue weighted by atomic mass is 10.1. The molecule has 0 saturated carbocycles. The molecule has 1 aliphatic rings. The van der Waals surface area contributed by atoms with E-state index in [1.54, 1.807) is 0 Å². The van der Waals surface area contributed by atoms with Gasteiger partial charge in [0.15, 0.2) is 5.12 Å². The number of thioether (sulfide) groups is 1. The molecular weight excluding hydrogens is 408 g/mol. The van der Waals surface area contributed by atoms with Crippen LogP contribution in [0.2, 0.25) is 0 Å². The summed E-state index contributed by atoms with van der Waals surface area (Å²) < 4.78 is 0. The number of nitrogens with zero attached hydrogens (tertiary/aromatic N) is 1. The molecule has 0 spiro atoms. The molecule has 3 atom stereocenters. The maximum Gasteiger partial charge on any atom is 0.323 e. The lowest BCUT2D eigenvalue weighted by molar-refractivity contribution is -0.147. The predicted molar refractivity (Wildman–Crippen MR) is 113 cm³/mol. The predicted octanol–water partition coefficient (Wildman–Crippen LogP) is 1.21. The highest BCUT2D eigenvalue weighted by Crippen LogP contribution is 2.22. The van der Waals surface area contributed by atoms with Crippen LogP contribution < -0.4 is 5.32 Å². The Morgan fingerprint density at radius 3 is 2.53 bits per heavy atom. The summed E-state index contributed by atoms with van der Waals surface area (Å²) >= 11 is 0.915. The molecule has 0 bridgehead atoms. The number of rotatable bonds is 9. The molecule has 8 nitrogen and oxygen atoms in total. The Morgan fingerprint density at radius 1 is 1.23 bits per heavy atom. The molecule has 9 heteroatoms. The lowest BCUT2D eigenvalue weighted by Crippen LogP contribution is -2.53. The van der Waals surface area contributed by atoms with Crippen molar-refractivity contribution < 1.29 is 29.4 Å². The van der Waals surface area contributed by atoms with Crippen molar-refractivity contribution in [1.29, 1.82) is 0 Å². The summed E-state index contributed by atoms with van der Waals surface area (Å²) in [4.78, 5) is 50.1. The fourth-order valence-electron chi connectivity index (χ4n) is 3.63. The molecule has 1 fully saturated rings. The van der Waals surface area contributed by atoms with Crippen LogP contribution in [0.3, 0.4) is 0 Å². The van der Waals surface area contributed by atoms with Crippen LogP contribution in [0.1, 0.15) is 38.2 Å². The number of amides is 2. The molecule has 164 valence electrons. The van der Waals surface area contributed by atoms with Crippen LogP contribution in [-0.2, 0) is 25.6 Å². The Hall–Kier alpha value is -2.39. The number of carbonyl (C=O) groups excluding carboxylic acids is 3. The number of nitrogens with one attached hydrogen (secondary N) is 1. The fraction of sp³-hybridized carbons (Fsp3) is 0.524. The van der Waals surface area contributed by atoms with Crippen molar-refractivity contribution in [1.82, 2.24) is 10.2 Å². The normalized spacial score (nSPS) is 20.3. The number of hydrogen-bond donors (Lipinski definition) is 3. The number of aliphatic hydroxyl groups is 1. The Labute approximate surface area is 180 Å². The van der Waals surface area contributed by atoms with Gasteiger partial charge in [0.1, 0.15) is 12.6 Å². The lowest BCUT2D eigenvalue weighted by Gasteiger charge is -2.30. The average Bonchev–Trinajstić information content (AvgIpc) is 2.82. The van der Waals surface area contributed by atoms with Crippen LogP contribution in [0, 0.1) is 0 Å². The molecule has 1 saturated heterocycles. The summed E-state index contributed by atoms with van der Waals surface area (Å²) in [6, 6.07) is 8.06. The van der Waals surface area contributed by atoms with E-state index < -0.39 is 35.6 Å². The van der Waals surface area contributed by atoms with Crippen LogP contribution in [0.25, 0.3) is 0 Å². The smallest absolute Gasteiger partial charge is 0.323 e. The van der Waals surface area contributed by atoms with Gasteiger partial charge in [0.2, 0.25) is 11.8 Å². The van der Waals surface area contributed by atoms with E-state index in [1.165, 1.54) is 11.8 Å². The summed E-state index contributed by atoms with van der Waals surface area (Å²) in [6.45, 7) is 0.756. The molecular formula is C21H28N2O6S. The van der Waals surface area contributed by atoms with Crippen molar-refractivity contribution in [3.63, 3.8) is 0 Å². The molecule has 2 amide bonds. The second kappa shape index (κ2) is 11.7. The van der Waals surface area contributed by atoms with Crippen LogP contribution in [0.4, 0.5) is 0 Å². The van der Waals surface area contributed by atoms with Gasteiger partial charge in [0, 0.05) is 19.6 Å². The third kappa shape index (κ3) is 7.14. The molecule has 2 rings (SSSR count). The third-order valence-corrected chi connectivity index (χ3v) is 6.00. The van der Waals surface area contributed by atoms with E-state index in [9.17, 15) is 29.4 Å². The quantitative estimate of drug-likeness (QED) is 0.531. The van der Waals surface area contributed by atoms with Gasteiger partial charge >= 0.3 is 5.97 Å². The molecule has 3 unspecified atom stereocenters. The van der Waals surface area contributed by atoms with Gasteiger partial charge in [0.25, 0.3) is 0 Å². The summed E-state index contributed by atoms with van der Waals surface area (Å²) in [6.07, 6.45) is 2.17.